The third-order valence-corrected chi connectivity index (χ3v) is 2.71. The molecule has 1 aromatic carbocycles. The second-order valence-electron chi connectivity index (χ2n) is 3.52. The predicted molar refractivity (Wildman–Crippen MR) is 67.6 cm³/mol. The summed E-state index contributed by atoms with van der Waals surface area (Å²) in [7, 11) is 1.53. The molecule has 2 aromatic rings. The summed E-state index contributed by atoms with van der Waals surface area (Å²) in [6, 6.07) is 5.28. The van der Waals surface area contributed by atoms with Crippen LogP contribution in [-0.4, -0.2) is 18.0 Å². The fourth-order valence-electron chi connectivity index (χ4n) is 1.63. The molecule has 1 heterocycles. The molecule has 0 spiro atoms. The molecule has 4 nitrogen and oxygen atoms in total. The third kappa shape index (κ3) is 2.17. The Hall–Kier alpha value is -1.81. The molecule has 0 bridgehead atoms. The molecule has 0 unspecified atom stereocenters. The van der Waals surface area contributed by atoms with Crippen molar-refractivity contribution in [2.45, 2.75) is 6.92 Å². The molecule has 1 amide bonds. The second kappa shape index (κ2) is 4.59. The van der Waals surface area contributed by atoms with Crippen LogP contribution in [0, 0.1) is 0 Å². The van der Waals surface area contributed by atoms with Crippen molar-refractivity contribution in [1.82, 2.24) is 4.98 Å². The van der Waals surface area contributed by atoms with Crippen molar-refractivity contribution in [3.63, 3.8) is 0 Å². The van der Waals surface area contributed by atoms with Gasteiger partial charge < -0.3 is 10.1 Å². The summed E-state index contributed by atoms with van der Waals surface area (Å²) in [5, 5.41) is 3.95. The maximum atomic E-state index is 11.1. The van der Waals surface area contributed by atoms with E-state index in [2.05, 4.69) is 10.3 Å². The van der Waals surface area contributed by atoms with E-state index in [9.17, 15) is 4.79 Å². The number of carbonyl (C=O) groups excluding carboxylic acids is 1. The predicted octanol–water partition coefficient (Wildman–Crippen LogP) is 2.86. The van der Waals surface area contributed by atoms with Crippen LogP contribution >= 0.6 is 11.6 Å². The average Bonchev–Trinajstić information content (AvgIpc) is 2.32. The van der Waals surface area contributed by atoms with Crippen molar-refractivity contribution in [3.8, 4) is 5.75 Å². The van der Waals surface area contributed by atoms with Crippen molar-refractivity contribution >= 4 is 34.1 Å². The number of rotatable bonds is 2. The van der Waals surface area contributed by atoms with Crippen LogP contribution < -0.4 is 10.1 Å². The lowest BCUT2D eigenvalue weighted by atomic mass is 10.1. The number of aromatic nitrogens is 1. The van der Waals surface area contributed by atoms with Gasteiger partial charge in [-0.25, -0.2) is 0 Å². The van der Waals surface area contributed by atoms with E-state index in [0.717, 1.165) is 5.39 Å². The minimum Gasteiger partial charge on any atom is -0.495 e. The number of carbonyl (C=O) groups is 1. The van der Waals surface area contributed by atoms with Crippen molar-refractivity contribution in [2.75, 3.05) is 12.4 Å². The minimum atomic E-state index is -0.165. The van der Waals surface area contributed by atoms with Crippen molar-refractivity contribution in [2.24, 2.45) is 0 Å². The van der Waals surface area contributed by atoms with Crippen molar-refractivity contribution < 1.29 is 9.53 Å². The monoisotopic (exact) mass is 250 g/mol. The standard InChI is InChI=1S/C12H11ClN2O2/c1-7(16)15-9-6-10(17-2)11(13)8-4-3-5-14-12(8)9/h3-6H,1-2H3,(H,15,16). The Labute approximate surface area is 104 Å². The number of pyridine rings is 1. The van der Waals surface area contributed by atoms with Crippen LogP contribution in [0.5, 0.6) is 5.75 Å². The lowest BCUT2D eigenvalue weighted by Gasteiger charge is -2.11. The minimum absolute atomic E-state index is 0.165. The molecule has 0 saturated heterocycles. The molecule has 1 N–H and O–H groups in total. The van der Waals surface area contributed by atoms with Crippen LogP contribution in [0.2, 0.25) is 5.02 Å². The Bertz CT molecular complexity index is 584. The zero-order valence-corrected chi connectivity index (χ0v) is 10.2. The number of amides is 1. The molecular weight excluding hydrogens is 240 g/mol. The Morgan fingerprint density at radius 3 is 2.94 bits per heavy atom. The second-order valence-corrected chi connectivity index (χ2v) is 3.90. The molecule has 88 valence electrons. The molecule has 1 aromatic heterocycles. The SMILES string of the molecule is COc1cc(NC(C)=O)c2ncccc2c1Cl. The van der Waals surface area contributed by atoms with Gasteiger partial charge in [0.25, 0.3) is 0 Å². The highest BCUT2D eigenvalue weighted by atomic mass is 35.5. The maximum Gasteiger partial charge on any atom is 0.221 e. The van der Waals surface area contributed by atoms with Gasteiger partial charge in [0.1, 0.15) is 5.75 Å². The van der Waals surface area contributed by atoms with Gasteiger partial charge in [0.05, 0.1) is 23.3 Å². The number of benzene rings is 1. The van der Waals surface area contributed by atoms with Crippen molar-refractivity contribution in [1.29, 1.82) is 0 Å². The summed E-state index contributed by atoms with van der Waals surface area (Å²) in [4.78, 5) is 15.3. The van der Waals surface area contributed by atoms with E-state index in [1.807, 2.05) is 6.07 Å². The summed E-state index contributed by atoms with van der Waals surface area (Å²) in [5.41, 5.74) is 1.24. The van der Waals surface area contributed by atoms with Gasteiger partial charge in [0.15, 0.2) is 0 Å². The Balaban J connectivity index is 2.73. The first-order valence-electron chi connectivity index (χ1n) is 5.02. The van der Waals surface area contributed by atoms with E-state index < -0.39 is 0 Å². The van der Waals surface area contributed by atoms with E-state index in [4.69, 9.17) is 16.3 Å². The summed E-state index contributed by atoms with van der Waals surface area (Å²) >= 11 is 6.17. The van der Waals surface area contributed by atoms with Gasteiger partial charge in [-0.2, -0.15) is 0 Å². The van der Waals surface area contributed by atoms with Gasteiger partial charge in [-0.1, -0.05) is 11.6 Å². The fourth-order valence-corrected chi connectivity index (χ4v) is 1.91. The first-order valence-corrected chi connectivity index (χ1v) is 5.40. The molecule has 5 heteroatoms. The number of halogens is 1. The maximum absolute atomic E-state index is 11.1. The number of methoxy groups -OCH3 is 1. The normalized spacial score (nSPS) is 10.3. The highest BCUT2D eigenvalue weighted by Crippen LogP contribution is 2.36. The molecule has 0 atom stereocenters. The molecule has 0 aliphatic carbocycles. The quantitative estimate of drug-likeness (QED) is 0.892. The Morgan fingerprint density at radius 2 is 2.29 bits per heavy atom. The van der Waals surface area contributed by atoms with E-state index >= 15 is 0 Å². The van der Waals surface area contributed by atoms with Gasteiger partial charge in [-0.05, 0) is 12.1 Å². The molecule has 0 saturated carbocycles. The van der Waals surface area contributed by atoms with Gasteiger partial charge in [-0.15, -0.1) is 0 Å². The van der Waals surface area contributed by atoms with Crippen LogP contribution in [-0.2, 0) is 4.79 Å². The first-order chi connectivity index (χ1) is 8.13. The molecule has 0 aliphatic heterocycles. The highest BCUT2D eigenvalue weighted by molar-refractivity contribution is 6.37. The first kappa shape index (κ1) is 11.7. The Kier molecular flexibility index (Phi) is 3.15. The van der Waals surface area contributed by atoms with E-state index in [0.29, 0.717) is 22.0 Å². The molecule has 2 rings (SSSR count). The lowest BCUT2D eigenvalue weighted by molar-refractivity contribution is -0.114. The smallest absolute Gasteiger partial charge is 0.221 e. The Morgan fingerprint density at radius 1 is 1.53 bits per heavy atom. The van der Waals surface area contributed by atoms with E-state index in [-0.39, 0.29) is 5.91 Å². The largest absolute Gasteiger partial charge is 0.495 e. The summed E-state index contributed by atoms with van der Waals surface area (Å²) in [5.74, 6) is 0.345. The zero-order chi connectivity index (χ0) is 12.4. The molecule has 0 fully saturated rings. The van der Waals surface area contributed by atoms with Gasteiger partial charge in [0.2, 0.25) is 5.91 Å². The summed E-state index contributed by atoms with van der Waals surface area (Å²) in [6.45, 7) is 1.44. The topological polar surface area (TPSA) is 51.2 Å². The lowest BCUT2D eigenvalue weighted by Crippen LogP contribution is -2.07. The number of fused-ring (bicyclic) bond motifs is 1. The highest BCUT2D eigenvalue weighted by Gasteiger charge is 2.12. The van der Waals surface area contributed by atoms with Gasteiger partial charge >= 0.3 is 0 Å². The summed E-state index contributed by atoms with van der Waals surface area (Å²) in [6.07, 6.45) is 1.65. The zero-order valence-electron chi connectivity index (χ0n) is 9.45. The number of ether oxygens (including phenoxy) is 1. The number of nitrogens with one attached hydrogen (secondary N) is 1. The van der Waals surface area contributed by atoms with Crippen LogP contribution in [0.1, 0.15) is 6.92 Å². The molecular formula is C12H11ClN2O2. The number of anilines is 1. The van der Waals surface area contributed by atoms with Crippen LogP contribution in [0.4, 0.5) is 5.69 Å². The van der Waals surface area contributed by atoms with Crippen LogP contribution in [0.15, 0.2) is 24.4 Å². The van der Waals surface area contributed by atoms with Gasteiger partial charge in [0, 0.05) is 24.6 Å². The molecule has 0 aliphatic rings. The molecule has 17 heavy (non-hydrogen) atoms. The van der Waals surface area contributed by atoms with Crippen molar-refractivity contribution in [3.05, 3.63) is 29.4 Å². The number of hydrogen-bond acceptors (Lipinski definition) is 3. The van der Waals surface area contributed by atoms with Crippen LogP contribution in [0.25, 0.3) is 10.9 Å². The number of hydrogen-bond donors (Lipinski definition) is 1. The van der Waals surface area contributed by atoms with Gasteiger partial charge in [-0.3, -0.25) is 9.78 Å². The van der Waals surface area contributed by atoms with Crippen LogP contribution in [0.3, 0.4) is 0 Å². The average molecular weight is 251 g/mol. The fraction of sp³-hybridized carbons (Fsp3) is 0.167. The number of nitrogens with zero attached hydrogens (tertiary/aromatic N) is 1. The molecule has 0 radical (unpaired) electrons. The van der Waals surface area contributed by atoms with E-state index in [1.54, 1.807) is 18.3 Å². The summed E-state index contributed by atoms with van der Waals surface area (Å²) < 4.78 is 5.16. The third-order valence-electron chi connectivity index (χ3n) is 2.32. The van der Waals surface area contributed by atoms with E-state index in [1.165, 1.54) is 14.0 Å².